The van der Waals surface area contributed by atoms with E-state index in [9.17, 15) is 43.2 Å². The van der Waals surface area contributed by atoms with Crippen molar-refractivity contribution in [2.24, 2.45) is 17.8 Å². The smallest absolute Gasteiger partial charge is 0.462 e. The highest BCUT2D eigenvalue weighted by Gasteiger charge is 2.30. The minimum Gasteiger partial charge on any atom is -0.462 e. The monoisotopic (exact) mass is 1360 g/mol. The third-order valence-electron chi connectivity index (χ3n) is 16.5. The van der Waals surface area contributed by atoms with Gasteiger partial charge in [-0.05, 0) is 69.1 Å². The van der Waals surface area contributed by atoms with Crippen LogP contribution in [0.3, 0.4) is 0 Å². The summed E-state index contributed by atoms with van der Waals surface area (Å²) in [5.74, 6) is 0.0433. The molecule has 0 aromatic heterocycles. The summed E-state index contributed by atoms with van der Waals surface area (Å²) < 4.78 is 68.3. The fraction of sp³-hybridized carbons (Fsp3) is 0.892. The molecule has 548 valence electrons. The van der Waals surface area contributed by atoms with Gasteiger partial charge in [0.15, 0.2) is 12.2 Å². The van der Waals surface area contributed by atoms with Gasteiger partial charge in [-0.25, -0.2) is 9.13 Å². The van der Waals surface area contributed by atoms with Crippen LogP contribution in [0.4, 0.5) is 0 Å². The van der Waals surface area contributed by atoms with Crippen LogP contribution in [0, 0.1) is 17.8 Å². The van der Waals surface area contributed by atoms with E-state index in [1.54, 1.807) is 0 Å². The van der Waals surface area contributed by atoms with Gasteiger partial charge in [-0.15, -0.1) is 0 Å². The first-order valence-electron chi connectivity index (χ1n) is 37.7. The minimum absolute atomic E-state index is 0.0848. The summed E-state index contributed by atoms with van der Waals surface area (Å²) in [7, 11) is -9.92. The first-order valence-corrected chi connectivity index (χ1v) is 40.7. The Morgan fingerprint density at radius 3 is 0.871 bits per heavy atom. The number of esters is 4. The molecule has 0 bridgehead atoms. The first kappa shape index (κ1) is 90.5. The zero-order valence-electron chi connectivity index (χ0n) is 60.2. The van der Waals surface area contributed by atoms with Crippen molar-refractivity contribution in [3.05, 3.63) is 24.3 Å². The van der Waals surface area contributed by atoms with Gasteiger partial charge in [0.1, 0.15) is 19.3 Å². The molecule has 0 radical (unpaired) electrons. The maximum Gasteiger partial charge on any atom is 0.472 e. The highest BCUT2D eigenvalue weighted by Crippen LogP contribution is 2.45. The van der Waals surface area contributed by atoms with Crippen LogP contribution in [0.5, 0.6) is 0 Å². The highest BCUT2D eigenvalue weighted by molar-refractivity contribution is 7.47. The standard InChI is InChI=1S/C74H140O17P2/c1-8-9-10-11-12-13-14-15-17-22-25-28-34-43-50-57-73(78)90-69(61-84-71(76)55-48-41-33-27-24-21-19-16-18-20-23-26-31-38-45-52-65(2)3)63-88-92(80,81)86-59-68(75)60-87-93(82,83)89-64-70(62-85-72(77)56-49-42-37-36-40-47-54-67(6)7)91-74(79)58-51-44-35-30-29-32-39-46-53-66(4)5/h13-15,17,65-70,75H,8-12,16,18-64H2,1-7H3,(H,80,81)(H,82,83)/b14-13-,17-15-/t68-,69-,70-/m1/s1. The molecule has 0 aliphatic carbocycles. The molecule has 0 aromatic carbocycles. The Morgan fingerprint density at radius 1 is 0.333 bits per heavy atom. The van der Waals surface area contributed by atoms with Gasteiger partial charge in [0, 0.05) is 25.7 Å². The predicted octanol–water partition coefficient (Wildman–Crippen LogP) is 21.0. The van der Waals surface area contributed by atoms with Crippen molar-refractivity contribution >= 4 is 39.5 Å². The molecule has 0 rings (SSSR count). The van der Waals surface area contributed by atoms with E-state index < -0.39 is 97.5 Å². The van der Waals surface area contributed by atoms with E-state index in [0.29, 0.717) is 37.5 Å². The Balaban J connectivity index is 5.25. The van der Waals surface area contributed by atoms with Crippen LogP contribution in [0.1, 0.15) is 350 Å². The van der Waals surface area contributed by atoms with Gasteiger partial charge in [0.05, 0.1) is 26.4 Å². The number of allylic oxidation sites excluding steroid dienone is 4. The van der Waals surface area contributed by atoms with Crippen molar-refractivity contribution in [2.75, 3.05) is 39.6 Å². The minimum atomic E-state index is -4.96. The number of carbonyl (C=O) groups is 4. The number of aliphatic hydroxyl groups is 1. The molecular weight excluding hydrogens is 1220 g/mol. The van der Waals surface area contributed by atoms with Crippen molar-refractivity contribution in [3.8, 4) is 0 Å². The summed E-state index contributed by atoms with van der Waals surface area (Å²) in [6.07, 6.45) is 52.4. The summed E-state index contributed by atoms with van der Waals surface area (Å²) in [5, 5.41) is 10.6. The quantitative estimate of drug-likeness (QED) is 0.0169. The third kappa shape index (κ3) is 67.9. The fourth-order valence-corrected chi connectivity index (χ4v) is 12.3. The number of ether oxygens (including phenoxy) is 4. The predicted molar refractivity (Wildman–Crippen MR) is 377 cm³/mol. The van der Waals surface area contributed by atoms with E-state index in [1.807, 2.05) is 0 Å². The van der Waals surface area contributed by atoms with E-state index in [1.165, 1.54) is 141 Å². The van der Waals surface area contributed by atoms with Gasteiger partial charge >= 0.3 is 39.5 Å². The lowest BCUT2D eigenvalue weighted by Gasteiger charge is -2.21. The summed E-state index contributed by atoms with van der Waals surface area (Å²) in [4.78, 5) is 72.6. The maximum atomic E-state index is 13.1. The molecular formula is C74H140O17P2. The maximum absolute atomic E-state index is 13.1. The number of hydrogen-bond acceptors (Lipinski definition) is 15. The normalized spacial score (nSPS) is 14.3. The Hall–Kier alpha value is -2.46. The molecule has 0 aromatic rings. The van der Waals surface area contributed by atoms with Crippen LogP contribution >= 0.6 is 15.6 Å². The van der Waals surface area contributed by atoms with E-state index in [2.05, 4.69) is 72.8 Å². The van der Waals surface area contributed by atoms with Crippen LogP contribution in [-0.2, 0) is 65.4 Å². The fourth-order valence-electron chi connectivity index (χ4n) is 10.7. The van der Waals surface area contributed by atoms with Crippen LogP contribution in [-0.4, -0.2) is 96.7 Å². The average molecular weight is 1360 g/mol. The summed E-state index contributed by atoms with van der Waals surface area (Å²) in [6.45, 7) is 11.7. The van der Waals surface area contributed by atoms with Crippen molar-refractivity contribution in [3.63, 3.8) is 0 Å². The van der Waals surface area contributed by atoms with Gasteiger partial charge < -0.3 is 33.8 Å². The van der Waals surface area contributed by atoms with E-state index in [0.717, 1.165) is 115 Å². The van der Waals surface area contributed by atoms with Crippen molar-refractivity contribution in [1.29, 1.82) is 0 Å². The van der Waals surface area contributed by atoms with Gasteiger partial charge in [-0.3, -0.25) is 37.3 Å². The van der Waals surface area contributed by atoms with Crippen LogP contribution in [0.15, 0.2) is 24.3 Å². The molecule has 0 spiro atoms. The molecule has 0 fully saturated rings. The molecule has 2 unspecified atom stereocenters. The zero-order valence-corrected chi connectivity index (χ0v) is 62.0. The van der Waals surface area contributed by atoms with Crippen molar-refractivity contribution in [1.82, 2.24) is 0 Å². The number of carbonyl (C=O) groups excluding carboxylic acids is 4. The second-order valence-corrected chi connectivity index (χ2v) is 30.3. The number of unbranched alkanes of at least 4 members (excludes halogenated alkanes) is 35. The Bertz CT molecular complexity index is 1910. The van der Waals surface area contributed by atoms with E-state index in [-0.39, 0.29) is 25.7 Å². The van der Waals surface area contributed by atoms with Gasteiger partial charge in [-0.2, -0.15) is 0 Å². The Kier molecular flexibility index (Phi) is 62.5. The number of rotatable bonds is 70. The summed E-state index contributed by atoms with van der Waals surface area (Å²) >= 11 is 0. The van der Waals surface area contributed by atoms with E-state index in [4.69, 9.17) is 37.0 Å². The molecule has 0 heterocycles. The SMILES string of the molecule is CCCCCC/C=C\C=C/CCCCCCCC(=O)O[C@H](COC(=O)CCCCCCCCCCCCCCCCCC(C)C)COP(=O)(O)OC[C@@H](O)COP(=O)(O)OC[C@@H](COC(=O)CCCCCCCCC(C)C)OC(=O)CCCCCCCCCCC(C)C. The van der Waals surface area contributed by atoms with Gasteiger partial charge in [0.2, 0.25) is 0 Å². The van der Waals surface area contributed by atoms with Gasteiger partial charge in [0.25, 0.3) is 0 Å². The summed E-state index contributed by atoms with van der Waals surface area (Å²) in [5.41, 5.74) is 0. The number of phosphoric acid groups is 2. The lowest BCUT2D eigenvalue weighted by atomic mass is 10.0. The second kappa shape index (κ2) is 64.2. The zero-order chi connectivity index (χ0) is 68.7. The molecule has 0 saturated heterocycles. The highest BCUT2D eigenvalue weighted by atomic mass is 31.2. The first-order chi connectivity index (χ1) is 44.7. The largest absolute Gasteiger partial charge is 0.472 e. The molecule has 0 saturated carbocycles. The topological polar surface area (TPSA) is 237 Å². The van der Waals surface area contributed by atoms with Crippen molar-refractivity contribution in [2.45, 2.75) is 369 Å². The van der Waals surface area contributed by atoms with Crippen LogP contribution < -0.4 is 0 Å². The molecule has 17 nitrogen and oxygen atoms in total. The molecule has 19 heteroatoms. The average Bonchev–Trinajstić information content (AvgIpc) is 1.61. The lowest BCUT2D eigenvalue weighted by molar-refractivity contribution is -0.161. The Morgan fingerprint density at radius 2 is 0.581 bits per heavy atom. The van der Waals surface area contributed by atoms with Crippen molar-refractivity contribution < 1.29 is 80.2 Å². The second-order valence-electron chi connectivity index (χ2n) is 27.4. The summed E-state index contributed by atoms with van der Waals surface area (Å²) in [6, 6.07) is 0. The third-order valence-corrected chi connectivity index (χ3v) is 18.4. The molecule has 93 heavy (non-hydrogen) atoms. The van der Waals surface area contributed by atoms with Crippen LogP contribution in [0.2, 0.25) is 0 Å². The Labute approximate surface area is 567 Å². The molecule has 0 aliphatic rings. The van der Waals surface area contributed by atoms with Gasteiger partial charge in [-0.1, -0.05) is 297 Å². The number of aliphatic hydroxyl groups excluding tert-OH is 1. The van der Waals surface area contributed by atoms with E-state index >= 15 is 0 Å². The number of phosphoric ester groups is 2. The van der Waals surface area contributed by atoms with Crippen LogP contribution in [0.25, 0.3) is 0 Å². The molecule has 3 N–H and O–H groups in total. The molecule has 5 atom stereocenters. The molecule has 0 amide bonds. The lowest BCUT2D eigenvalue weighted by Crippen LogP contribution is -2.30. The number of hydrogen-bond donors (Lipinski definition) is 3. The molecule has 0 aliphatic heterocycles.